The number of aromatic nitrogens is 5. The minimum absolute atomic E-state index is 0.00214. The second kappa shape index (κ2) is 7.90. The Morgan fingerprint density at radius 2 is 1.79 bits per heavy atom. The second-order valence-electron chi connectivity index (χ2n) is 7.50. The molecular formula is C20H25N7OS. The predicted molar refractivity (Wildman–Crippen MR) is 114 cm³/mol. The lowest BCUT2D eigenvalue weighted by Crippen LogP contribution is -2.38. The molecule has 1 amide bonds. The summed E-state index contributed by atoms with van der Waals surface area (Å²) in [6, 6.07) is 5.92. The van der Waals surface area contributed by atoms with Gasteiger partial charge in [0.1, 0.15) is 0 Å². The molecule has 0 atom stereocenters. The number of hydrogen-bond acceptors (Lipinski definition) is 7. The van der Waals surface area contributed by atoms with Crippen LogP contribution >= 0.6 is 11.3 Å². The van der Waals surface area contributed by atoms with Gasteiger partial charge in [-0.05, 0) is 58.7 Å². The van der Waals surface area contributed by atoms with Crippen LogP contribution in [0, 0.1) is 33.6 Å². The fourth-order valence-electron chi connectivity index (χ4n) is 3.57. The first-order chi connectivity index (χ1) is 13.9. The van der Waals surface area contributed by atoms with Crippen molar-refractivity contribution < 1.29 is 4.79 Å². The molecule has 29 heavy (non-hydrogen) atoms. The maximum absolute atomic E-state index is 12.6. The number of carbonyl (C=O) groups excluding carboxylic acids is 1. The molecule has 0 radical (unpaired) electrons. The van der Waals surface area contributed by atoms with Crippen molar-refractivity contribution in [3.8, 4) is 5.82 Å². The zero-order valence-corrected chi connectivity index (χ0v) is 18.0. The lowest BCUT2D eigenvalue weighted by atomic mass is 9.96. The molecular weight excluding hydrogens is 386 g/mol. The Bertz CT molecular complexity index is 997. The van der Waals surface area contributed by atoms with E-state index in [4.69, 9.17) is 0 Å². The highest BCUT2D eigenvalue weighted by Gasteiger charge is 2.26. The van der Waals surface area contributed by atoms with Gasteiger partial charge < -0.3 is 10.2 Å². The van der Waals surface area contributed by atoms with Crippen LogP contribution in [0.25, 0.3) is 5.82 Å². The monoisotopic (exact) mass is 411 g/mol. The number of piperidine rings is 1. The van der Waals surface area contributed by atoms with Gasteiger partial charge in [-0.25, -0.2) is 9.67 Å². The standard InChI is InChI=1S/C20H25N7OS/c1-12-11-13(2)27(25-12)18-6-5-17(23-24-18)26-9-7-16(8-10-26)19(28)22-20-21-14(3)15(4)29-20/h5-6,11,16H,7-10H2,1-4H3,(H,21,22,28). The van der Waals surface area contributed by atoms with E-state index in [1.54, 1.807) is 4.68 Å². The van der Waals surface area contributed by atoms with E-state index in [9.17, 15) is 4.79 Å². The third-order valence-electron chi connectivity index (χ3n) is 5.31. The fourth-order valence-corrected chi connectivity index (χ4v) is 4.38. The molecule has 9 heteroatoms. The van der Waals surface area contributed by atoms with Crippen LogP contribution in [0.15, 0.2) is 18.2 Å². The van der Waals surface area contributed by atoms with Crippen molar-refractivity contribution in [2.45, 2.75) is 40.5 Å². The SMILES string of the molecule is Cc1cc(C)n(-c2ccc(N3CCC(C(=O)Nc4nc(C)c(C)s4)CC3)nn2)n1. The van der Waals surface area contributed by atoms with Crippen LogP contribution in [0.2, 0.25) is 0 Å². The molecule has 3 aromatic rings. The summed E-state index contributed by atoms with van der Waals surface area (Å²) in [6.07, 6.45) is 1.58. The zero-order chi connectivity index (χ0) is 20.5. The third kappa shape index (κ3) is 4.14. The Morgan fingerprint density at radius 3 is 2.34 bits per heavy atom. The molecule has 4 rings (SSSR count). The second-order valence-corrected chi connectivity index (χ2v) is 8.70. The van der Waals surface area contributed by atoms with Crippen LogP contribution in [-0.2, 0) is 4.79 Å². The predicted octanol–water partition coefficient (Wildman–Crippen LogP) is 3.21. The summed E-state index contributed by atoms with van der Waals surface area (Å²) in [4.78, 5) is 20.3. The first kappa shape index (κ1) is 19.5. The molecule has 1 aliphatic heterocycles. The van der Waals surface area contributed by atoms with Gasteiger partial charge in [-0.1, -0.05) is 0 Å². The van der Waals surface area contributed by atoms with Crippen molar-refractivity contribution in [2.24, 2.45) is 5.92 Å². The van der Waals surface area contributed by atoms with E-state index in [1.165, 1.54) is 11.3 Å². The number of nitrogens with zero attached hydrogens (tertiary/aromatic N) is 6. The lowest BCUT2D eigenvalue weighted by Gasteiger charge is -2.31. The molecule has 1 saturated heterocycles. The van der Waals surface area contributed by atoms with Crippen LogP contribution in [-0.4, -0.2) is 44.0 Å². The number of nitrogens with one attached hydrogen (secondary N) is 1. The van der Waals surface area contributed by atoms with Crippen LogP contribution < -0.4 is 10.2 Å². The highest BCUT2D eigenvalue weighted by atomic mass is 32.1. The number of amides is 1. The summed E-state index contributed by atoms with van der Waals surface area (Å²) in [7, 11) is 0. The quantitative estimate of drug-likeness (QED) is 0.709. The van der Waals surface area contributed by atoms with Crippen LogP contribution in [0.1, 0.15) is 34.8 Å². The van der Waals surface area contributed by atoms with Gasteiger partial charge in [-0.15, -0.1) is 21.5 Å². The minimum atomic E-state index is -0.00214. The van der Waals surface area contributed by atoms with E-state index in [-0.39, 0.29) is 11.8 Å². The fraction of sp³-hybridized carbons (Fsp3) is 0.450. The number of anilines is 2. The molecule has 8 nitrogen and oxygen atoms in total. The van der Waals surface area contributed by atoms with Gasteiger partial charge in [0.15, 0.2) is 16.8 Å². The Balaban J connectivity index is 1.35. The van der Waals surface area contributed by atoms with Crippen molar-refractivity contribution in [3.63, 3.8) is 0 Å². The maximum Gasteiger partial charge on any atom is 0.229 e. The van der Waals surface area contributed by atoms with E-state index >= 15 is 0 Å². The number of rotatable bonds is 4. The Hall–Kier alpha value is -2.81. The summed E-state index contributed by atoms with van der Waals surface area (Å²) in [5.74, 6) is 1.60. The summed E-state index contributed by atoms with van der Waals surface area (Å²) in [5, 5.41) is 16.8. The van der Waals surface area contributed by atoms with Crippen molar-refractivity contribution in [3.05, 3.63) is 40.2 Å². The van der Waals surface area contributed by atoms with Crippen molar-refractivity contribution in [1.29, 1.82) is 0 Å². The molecule has 0 spiro atoms. The van der Waals surface area contributed by atoms with Gasteiger partial charge in [0, 0.05) is 29.6 Å². The molecule has 0 aliphatic carbocycles. The Kier molecular flexibility index (Phi) is 5.31. The van der Waals surface area contributed by atoms with Crippen LogP contribution in [0.3, 0.4) is 0 Å². The van der Waals surface area contributed by atoms with Crippen LogP contribution in [0.4, 0.5) is 10.9 Å². The van der Waals surface area contributed by atoms with Gasteiger partial charge >= 0.3 is 0 Å². The van der Waals surface area contributed by atoms with Gasteiger partial charge in [0.25, 0.3) is 0 Å². The Labute approximate surface area is 174 Å². The number of thiazole rings is 1. The highest BCUT2D eigenvalue weighted by Crippen LogP contribution is 2.25. The number of carbonyl (C=O) groups is 1. The maximum atomic E-state index is 12.6. The molecule has 0 aromatic carbocycles. The van der Waals surface area contributed by atoms with Crippen LogP contribution in [0.5, 0.6) is 0 Å². The molecule has 1 N–H and O–H groups in total. The van der Waals surface area contributed by atoms with Crippen molar-refractivity contribution in [2.75, 3.05) is 23.3 Å². The Morgan fingerprint density at radius 1 is 1.10 bits per heavy atom. The summed E-state index contributed by atoms with van der Waals surface area (Å²) in [6.45, 7) is 9.50. The topological polar surface area (TPSA) is 88.8 Å². The van der Waals surface area contributed by atoms with E-state index in [0.29, 0.717) is 10.9 Å². The molecule has 0 unspecified atom stereocenters. The van der Waals surface area contributed by atoms with Crippen molar-refractivity contribution >= 4 is 28.2 Å². The minimum Gasteiger partial charge on any atom is -0.355 e. The van der Waals surface area contributed by atoms with E-state index in [2.05, 4.69) is 30.5 Å². The molecule has 1 fully saturated rings. The average Bonchev–Trinajstić information content (AvgIpc) is 3.21. The normalized spacial score (nSPS) is 15.0. The molecule has 0 bridgehead atoms. The van der Waals surface area contributed by atoms with E-state index in [1.807, 2.05) is 45.9 Å². The van der Waals surface area contributed by atoms with Gasteiger partial charge in [0.2, 0.25) is 5.91 Å². The number of aryl methyl sites for hydroxylation is 4. The van der Waals surface area contributed by atoms with Gasteiger partial charge in [-0.3, -0.25) is 4.79 Å². The van der Waals surface area contributed by atoms with Crippen molar-refractivity contribution in [1.82, 2.24) is 25.0 Å². The largest absolute Gasteiger partial charge is 0.355 e. The summed E-state index contributed by atoms with van der Waals surface area (Å²) < 4.78 is 1.80. The van der Waals surface area contributed by atoms with Gasteiger partial charge in [-0.2, -0.15) is 5.10 Å². The molecule has 3 aromatic heterocycles. The first-order valence-corrected chi connectivity index (χ1v) is 10.6. The smallest absolute Gasteiger partial charge is 0.229 e. The van der Waals surface area contributed by atoms with E-state index < -0.39 is 0 Å². The van der Waals surface area contributed by atoms with Gasteiger partial charge in [0.05, 0.1) is 11.4 Å². The summed E-state index contributed by atoms with van der Waals surface area (Å²) in [5.41, 5.74) is 2.96. The molecule has 4 heterocycles. The average molecular weight is 412 g/mol. The highest BCUT2D eigenvalue weighted by molar-refractivity contribution is 7.15. The molecule has 1 aliphatic rings. The molecule has 0 saturated carbocycles. The first-order valence-electron chi connectivity index (χ1n) is 9.78. The lowest BCUT2D eigenvalue weighted by molar-refractivity contribution is -0.120. The third-order valence-corrected chi connectivity index (χ3v) is 6.30. The number of hydrogen-bond donors (Lipinski definition) is 1. The summed E-state index contributed by atoms with van der Waals surface area (Å²) >= 11 is 1.53. The molecule has 152 valence electrons. The zero-order valence-electron chi connectivity index (χ0n) is 17.1. The van der Waals surface area contributed by atoms with E-state index in [0.717, 1.165) is 53.7 Å².